The molecule has 8 rings (SSSR count). The first-order valence-electron chi connectivity index (χ1n) is 11.4. The van der Waals surface area contributed by atoms with Gasteiger partial charge in [-0.15, -0.1) is 0 Å². The van der Waals surface area contributed by atoms with Gasteiger partial charge in [-0.1, -0.05) is 30.3 Å². The Morgan fingerprint density at radius 2 is 1.88 bits per heavy atom. The first-order valence-corrected chi connectivity index (χ1v) is 11.4. The van der Waals surface area contributed by atoms with Gasteiger partial charge in [-0.25, -0.2) is 4.98 Å². The molecular weight excluding hydrogens is 410 g/mol. The number of fused-ring (bicyclic) bond motifs is 4. The second-order valence-corrected chi connectivity index (χ2v) is 9.17. The highest BCUT2D eigenvalue weighted by Gasteiger charge is 2.59. The molecule has 3 aliphatic heterocycles. The second kappa shape index (κ2) is 5.84. The van der Waals surface area contributed by atoms with Crippen LogP contribution in [0.3, 0.4) is 0 Å². The van der Waals surface area contributed by atoms with Crippen molar-refractivity contribution in [2.45, 2.75) is 12.0 Å². The molecule has 0 fully saturated rings. The van der Waals surface area contributed by atoms with Crippen molar-refractivity contribution < 1.29 is 4.79 Å². The van der Waals surface area contributed by atoms with Crippen molar-refractivity contribution in [3.63, 3.8) is 0 Å². The number of pyridine rings is 2. The largest absolute Gasteiger partial charge is 0.387 e. The van der Waals surface area contributed by atoms with Crippen LogP contribution in [0.2, 0.25) is 0 Å². The molecule has 4 aliphatic rings. The standard InChI is InChI=1S/C27H19N5O/c33-25-16-6-2-4-8-19(16)32-27-17(25)13-30-20-10-12-29-24(22(20)27)23-21-15(9-11-28-23)14-5-1-3-7-18(14)31-26(21)27/h1-9,11,17,30,32H,10,12-13H2/t17-,27+/m1/s1. The number of aliphatic imine (C=N–C) groups is 1. The highest BCUT2D eigenvalue weighted by Crippen LogP contribution is 2.54. The molecule has 2 aromatic carbocycles. The average Bonchev–Trinajstić information content (AvgIpc) is 2.87. The Balaban J connectivity index is 1.60. The van der Waals surface area contributed by atoms with E-state index in [-0.39, 0.29) is 11.7 Å². The van der Waals surface area contributed by atoms with Crippen LogP contribution in [0.4, 0.5) is 5.69 Å². The number of ketones is 1. The summed E-state index contributed by atoms with van der Waals surface area (Å²) in [5.74, 6) is -0.191. The molecular formula is C27H19N5O. The molecule has 158 valence electrons. The smallest absolute Gasteiger partial charge is 0.172 e. The molecule has 4 aromatic rings. The van der Waals surface area contributed by atoms with Crippen LogP contribution in [0.25, 0.3) is 21.7 Å². The van der Waals surface area contributed by atoms with E-state index in [9.17, 15) is 4.79 Å². The molecule has 5 heterocycles. The summed E-state index contributed by atoms with van der Waals surface area (Å²) in [5.41, 5.74) is 6.59. The van der Waals surface area contributed by atoms with Gasteiger partial charge in [-0.2, -0.15) is 0 Å². The predicted molar refractivity (Wildman–Crippen MR) is 128 cm³/mol. The van der Waals surface area contributed by atoms with Gasteiger partial charge in [-0.3, -0.25) is 14.8 Å². The van der Waals surface area contributed by atoms with Crippen molar-refractivity contribution in [2.75, 3.05) is 18.4 Å². The molecule has 6 heteroatoms. The Bertz CT molecular complexity index is 1630. The molecule has 0 saturated carbocycles. The zero-order valence-corrected chi connectivity index (χ0v) is 17.7. The van der Waals surface area contributed by atoms with E-state index in [4.69, 9.17) is 15.0 Å². The number of carbonyl (C=O) groups is 1. The number of para-hydroxylation sites is 2. The number of carbonyl (C=O) groups excluding carboxylic acids is 1. The lowest BCUT2D eigenvalue weighted by Gasteiger charge is -2.52. The monoisotopic (exact) mass is 429 g/mol. The van der Waals surface area contributed by atoms with Crippen molar-refractivity contribution in [1.82, 2.24) is 15.3 Å². The Morgan fingerprint density at radius 3 is 2.85 bits per heavy atom. The van der Waals surface area contributed by atoms with Gasteiger partial charge < -0.3 is 10.6 Å². The number of Topliss-reactive ketones (excluding diaryl/α,β-unsaturated/α-hetero) is 1. The van der Waals surface area contributed by atoms with Gasteiger partial charge in [0.15, 0.2) is 5.78 Å². The molecule has 0 unspecified atom stereocenters. The van der Waals surface area contributed by atoms with E-state index in [0.29, 0.717) is 13.1 Å². The molecule has 33 heavy (non-hydrogen) atoms. The minimum atomic E-state index is -0.774. The highest BCUT2D eigenvalue weighted by atomic mass is 16.1. The van der Waals surface area contributed by atoms with Crippen LogP contribution < -0.4 is 10.6 Å². The molecule has 2 N–H and O–H groups in total. The third-order valence-electron chi connectivity index (χ3n) is 7.66. The molecule has 6 nitrogen and oxygen atoms in total. The van der Waals surface area contributed by atoms with Crippen molar-refractivity contribution in [3.05, 3.63) is 89.0 Å². The van der Waals surface area contributed by atoms with Crippen molar-refractivity contribution >= 4 is 38.9 Å². The van der Waals surface area contributed by atoms with E-state index >= 15 is 0 Å². The molecule has 2 atom stereocenters. The lowest BCUT2D eigenvalue weighted by atomic mass is 9.61. The van der Waals surface area contributed by atoms with Gasteiger partial charge in [0.05, 0.1) is 28.5 Å². The zero-order valence-electron chi connectivity index (χ0n) is 17.7. The van der Waals surface area contributed by atoms with Gasteiger partial charge in [0.25, 0.3) is 0 Å². The molecule has 0 saturated heterocycles. The number of dihydropyridines is 1. The summed E-state index contributed by atoms with van der Waals surface area (Å²) in [6.07, 6.45) is 2.69. The first kappa shape index (κ1) is 17.5. The summed E-state index contributed by atoms with van der Waals surface area (Å²) < 4.78 is 0. The lowest BCUT2D eigenvalue weighted by Crippen LogP contribution is -2.61. The van der Waals surface area contributed by atoms with Gasteiger partial charge in [-0.05, 0) is 29.7 Å². The summed E-state index contributed by atoms with van der Waals surface area (Å²) in [6.45, 7) is 1.28. The molecule has 1 spiro atoms. The maximum atomic E-state index is 13.9. The Labute approximate surface area is 189 Å². The van der Waals surface area contributed by atoms with E-state index in [0.717, 1.165) is 67.7 Å². The molecule has 1 aliphatic carbocycles. The highest BCUT2D eigenvalue weighted by molar-refractivity contribution is 6.27. The normalized spacial score (nSPS) is 24.4. The van der Waals surface area contributed by atoms with Crippen LogP contribution >= 0.6 is 0 Å². The number of hydrogen-bond donors (Lipinski definition) is 2. The Kier molecular flexibility index (Phi) is 3.09. The maximum absolute atomic E-state index is 13.9. The van der Waals surface area contributed by atoms with E-state index < -0.39 is 5.54 Å². The van der Waals surface area contributed by atoms with Crippen LogP contribution in [0.15, 0.2) is 77.1 Å². The fraction of sp³-hybridized carbons (Fsp3) is 0.185. The number of benzene rings is 2. The number of aromatic nitrogens is 2. The zero-order chi connectivity index (χ0) is 21.7. The van der Waals surface area contributed by atoms with Crippen LogP contribution in [-0.4, -0.2) is 34.6 Å². The summed E-state index contributed by atoms with van der Waals surface area (Å²) in [5, 5.41) is 10.6. The Hall–Kier alpha value is -4.06. The van der Waals surface area contributed by atoms with Crippen molar-refractivity contribution in [2.24, 2.45) is 10.9 Å². The van der Waals surface area contributed by atoms with Gasteiger partial charge in [0, 0.05) is 59.0 Å². The van der Waals surface area contributed by atoms with Crippen LogP contribution in [0, 0.1) is 5.92 Å². The number of anilines is 1. The average molecular weight is 429 g/mol. The van der Waals surface area contributed by atoms with E-state index in [1.165, 1.54) is 0 Å². The number of rotatable bonds is 0. The van der Waals surface area contributed by atoms with Gasteiger partial charge in [0.1, 0.15) is 5.54 Å². The lowest BCUT2D eigenvalue weighted by molar-refractivity contribution is 0.0857. The third kappa shape index (κ3) is 1.96. The molecule has 0 radical (unpaired) electrons. The van der Waals surface area contributed by atoms with Gasteiger partial charge >= 0.3 is 0 Å². The quantitative estimate of drug-likeness (QED) is 0.414. The topological polar surface area (TPSA) is 79.3 Å². The van der Waals surface area contributed by atoms with Crippen LogP contribution in [0.5, 0.6) is 0 Å². The summed E-state index contributed by atoms with van der Waals surface area (Å²) in [7, 11) is 0. The number of nitrogens with one attached hydrogen (secondary N) is 2. The van der Waals surface area contributed by atoms with Crippen LogP contribution in [-0.2, 0) is 5.54 Å². The van der Waals surface area contributed by atoms with Crippen LogP contribution in [0.1, 0.15) is 28.2 Å². The minimum absolute atomic E-state index is 0.142. The fourth-order valence-corrected chi connectivity index (χ4v) is 6.33. The Morgan fingerprint density at radius 1 is 1.00 bits per heavy atom. The summed E-state index contributed by atoms with van der Waals surface area (Å²) in [6, 6.07) is 18.1. The van der Waals surface area contributed by atoms with Crippen molar-refractivity contribution in [3.8, 4) is 0 Å². The first-order chi connectivity index (χ1) is 16.3. The molecule has 0 amide bonds. The van der Waals surface area contributed by atoms with E-state index in [1.54, 1.807) is 0 Å². The molecule has 2 aromatic heterocycles. The summed E-state index contributed by atoms with van der Waals surface area (Å²) >= 11 is 0. The second-order valence-electron chi connectivity index (χ2n) is 9.17. The summed E-state index contributed by atoms with van der Waals surface area (Å²) in [4.78, 5) is 29.0. The van der Waals surface area contributed by atoms with Gasteiger partial charge in [0.2, 0.25) is 0 Å². The number of hydrogen-bond acceptors (Lipinski definition) is 6. The fourth-order valence-electron chi connectivity index (χ4n) is 6.33. The maximum Gasteiger partial charge on any atom is 0.172 e. The van der Waals surface area contributed by atoms with E-state index in [2.05, 4.69) is 28.8 Å². The minimum Gasteiger partial charge on any atom is -0.387 e. The SMILES string of the molecule is O=C1c2ccccc2N[C@@]23C4=C(CCN=C4c4nccc5c4c2nc2ccccc25)NC[C@H]13. The molecule has 0 bridgehead atoms. The third-order valence-corrected chi connectivity index (χ3v) is 7.66. The van der Waals surface area contributed by atoms with Crippen molar-refractivity contribution in [1.29, 1.82) is 0 Å². The number of nitrogens with zero attached hydrogens (tertiary/aromatic N) is 3. The van der Waals surface area contributed by atoms with E-state index in [1.807, 2.05) is 42.6 Å². The predicted octanol–water partition coefficient (Wildman–Crippen LogP) is 3.97.